The van der Waals surface area contributed by atoms with E-state index in [4.69, 9.17) is 0 Å². The van der Waals surface area contributed by atoms with Crippen LogP contribution in [0.3, 0.4) is 0 Å². The smallest absolute Gasteiger partial charge is 0.255 e. The number of amides is 1. The first kappa shape index (κ1) is 22.9. The van der Waals surface area contributed by atoms with Gasteiger partial charge in [0.15, 0.2) is 0 Å². The number of anilines is 1. The Hall–Kier alpha value is -3.76. The van der Waals surface area contributed by atoms with Gasteiger partial charge in [0.1, 0.15) is 11.6 Å². The minimum absolute atomic E-state index is 0.123. The number of halogens is 1. The van der Waals surface area contributed by atoms with E-state index in [-0.39, 0.29) is 17.8 Å². The second-order valence-electron chi connectivity index (χ2n) is 7.46. The van der Waals surface area contributed by atoms with Crippen LogP contribution in [0.5, 0.6) is 0 Å². The SMILES string of the molecule is CN[C@H](C)CNC(=O)c1ccc(-c2ccccc2C#N)nc1NCCc1cccc(F)c1. The third-order valence-electron chi connectivity index (χ3n) is 5.12. The van der Waals surface area contributed by atoms with Gasteiger partial charge in [-0.15, -0.1) is 0 Å². The van der Waals surface area contributed by atoms with Crippen LogP contribution in [0.25, 0.3) is 11.3 Å². The largest absolute Gasteiger partial charge is 0.369 e. The number of hydrogen-bond acceptors (Lipinski definition) is 5. The molecular formula is C25H26FN5O. The molecule has 0 saturated carbocycles. The summed E-state index contributed by atoms with van der Waals surface area (Å²) in [5.41, 5.74) is 3.04. The molecule has 1 aromatic heterocycles. The Morgan fingerprint density at radius 2 is 1.97 bits per heavy atom. The average molecular weight is 432 g/mol. The lowest BCUT2D eigenvalue weighted by Gasteiger charge is -2.15. The number of carbonyl (C=O) groups excluding carboxylic acids is 1. The van der Waals surface area contributed by atoms with Crippen molar-refractivity contribution in [2.45, 2.75) is 19.4 Å². The highest BCUT2D eigenvalue weighted by Crippen LogP contribution is 2.25. The number of nitrogens with one attached hydrogen (secondary N) is 3. The molecule has 3 aromatic rings. The number of benzene rings is 2. The van der Waals surface area contributed by atoms with Gasteiger partial charge >= 0.3 is 0 Å². The summed E-state index contributed by atoms with van der Waals surface area (Å²) in [6.45, 7) is 2.91. The van der Waals surface area contributed by atoms with Crippen molar-refractivity contribution < 1.29 is 9.18 Å². The van der Waals surface area contributed by atoms with Crippen molar-refractivity contribution in [3.63, 3.8) is 0 Å². The van der Waals surface area contributed by atoms with Crippen molar-refractivity contribution in [2.75, 3.05) is 25.5 Å². The van der Waals surface area contributed by atoms with Gasteiger partial charge in [0.25, 0.3) is 5.91 Å². The topological polar surface area (TPSA) is 89.8 Å². The number of rotatable bonds is 9. The molecule has 164 valence electrons. The molecule has 3 N–H and O–H groups in total. The fourth-order valence-electron chi connectivity index (χ4n) is 3.19. The Morgan fingerprint density at radius 1 is 1.16 bits per heavy atom. The lowest BCUT2D eigenvalue weighted by molar-refractivity contribution is 0.0951. The van der Waals surface area contributed by atoms with Crippen molar-refractivity contribution in [3.05, 3.63) is 83.2 Å². The summed E-state index contributed by atoms with van der Waals surface area (Å²) in [7, 11) is 1.83. The van der Waals surface area contributed by atoms with Crippen molar-refractivity contribution in [1.82, 2.24) is 15.6 Å². The van der Waals surface area contributed by atoms with Gasteiger partial charge in [-0.2, -0.15) is 5.26 Å². The molecule has 3 rings (SSSR count). The maximum absolute atomic E-state index is 13.5. The third-order valence-corrected chi connectivity index (χ3v) is 5.12. The van der Waals surface area contributed by atoms with Crippen LogP contribution in [0.1, 0.15) is 28.4 Å². The zero-order valence-electron chi connectivity index (χ0n) is 18.2. The molecule has 1 heterocycles. The Labute approximate surface area is 187 Å². The average Bonchev–Trinajstić information content (AvgIpc) is 2.82. The van der Waals surface area contributed by atoms with E-state index < -0.39 is 0 Å². The molecule has 2 aromatic carbocycles. The minimum atomic E-state index is -0.283. The number of nitriles is 1. The highest BCUT2D eigenvalue weighted by atomic mass is 19.1. The summed E-state index contributed by atoms with van der Waals surface area (Å²) < 4.78 is 13.5. The lowest BCUT2D eigenvalue weighted by atomic mass is 10.0. The Morgan fingerprint density at radius 3 is 2.72 bits per heavy atom. The molecule has 0 bridgehead atoms. The van der Waals surface area contributed by atoms with Crippen molar-refractivity contribution in [1.29, 1.82) is 5.26 Å². The highest BCUT2D eigenvalue weighted by Gasteiger charge is 2.16. The van der Waals surface area contributed by atoms with Gasteiger partial charge in [0, 0.05) is 24.7 Å². The van der Waals surface area contributed by atoms with Crippen molar-refractivity contribution >= 4 is 11.7 Å². The molecule has 0 spiro atoms. The quantitative estimate of drug-likeness (QED) is 0.480. The standard InChI is InChI=1S/C25H26FN5O/c1-17(28-2)16-30-25(32)22-10-11-23(21-9-4-3-7-19(21)15-27)31-24(22)29-13-12-18-6-5-8-20(26)14-18/h3-11,14,17,28H,12-13,16H2,1-2H3,(H,29,31)(H,30,32)/t17-/m1/s1. The van der Waals surface area contributed by atoms with Crippen LogP contribution in [-0.2, 0) is 6.42 Å². The molecule has 0 aliphatic heterocycles. The van der Waals surface area contributed by atoms with E-state index in [1.165, 1.54) is 12.1 Å². The van der Waals surface area contributed by atoms with Crippen LogP contribution in [-0.4, -0.2) is 37.1 Å². The molecule has 0 fully saturated rings. The van der Waals surface area contributed by atoms with Gasteiger partial charge in [-0.3, -0.25) is 4.79 Å². The molecule has 0 aliphatic carbocycles. The second-order valence-corrected chi connectivity index (χ2v) is 7.46. The molecular weight excluding hydrogens is 405 g/mol. The zero-order chi connectivity index (χ0) is 22.9. The molecule has 1 amide bonds. The summed E-state index contributed by atoms with van der Waals surface area (Å²) in [4.78, 5) is 17.5. The zero-order valence-corrected chi connectivity index (χ0v) is 18.2. The van der Waals surface area contributed by atoms with Gasteiger partial charge in [-0.25, -0.2) is 9.37 Å². The van der Waals surface area contributed by atoms with Crippen LogP contribution in [0.15, 0.2) is 60.7 Å². The lowest BCUT2D eigenvalue weighted by Crippen LogP contribution is -2.37. The number of hydrogen-bond donors (Lipinski definition) is 3. The van der Waals surface area contributed by atoms with Gasteiger partial charge in [0.05, 0.1) is 22.9 Å². The third kappa shape index (κ3) is 5.90. The minimum Gasteiger partial charge on any atom is -0.369 e. The fraction of sp³-hybridized carbons (Fsp3) is 0.240. The van der Waals surface area contributed by atoms with Gasteiger partial charge < -0.3 is 16.0 Å². The first-order valence-electron chi connectivity index (χ1n) is 10.5. The van der Waals surface area contributed by atoms with Crippen molar-refractivity contribution in [3.8, 4) is 17.3 Å². The van der Waals surface area contributed by atoms with E-state index in [0.29, 0.717) is 47.7 Å². The van der Waals surface area contributed by atoms with E-state index in [1.54, 1.807) is 30.3 Å². The number of likely N-dealkylation sites (N-methyl/N-ethyl adjacent to an activating group) is 1. The Kier molecular flexibility index (Phi) is 7.90. The van der Waals surface area contributed by atoms with Gasteiger partial charge in [-0.05, 0) is 56.3 Å². The first-order chi connectivity index (χ1) is 15.5. The summed E-state index contributed by atoms with van der Waals surface area (Å²) in [6, 6.07) is 19.4. The van der Waals surface area contributed by atoms with E-state index in [2.05, 4.69) is 27.0 Å². The molecule has 1 atom stereocenters. The monoisotopic (exact) mass is 431 g/mol. The molecule has 0 unspecified atom stereocenters. The van der Waals surface area contributed by atoms with Crippen LogP contribution < -0.4 is 16.0 Å². The van der Waals surface area contributed by atoms with Crippen LogP contribution >= 0.6 is 0 Å². The van der Waals surface area contributed by atoms with E-state index in [1.807, 2.05) is 32.2 Å². The van der Waals surface area contributed by atoms with E-state index >= 15 is 0 Å². The van der Waals surface area contributed by atoms with Crippen LogP contribution in [0.4, 0.5) is 10.2 Å². The summed E-state index contributed by atoms with van der Waals surface area (Å²) in [6.07, 6.45) is 0.566. The normalized spacial score (nSPS) is 11.4. The number of pyridine rings is 1. The first-order valence-corrected chi connectivity index (χ1v) is 10.5. The van der Waals surface area contributed by atoms with Crippen molar-refractivity contribution in [2.24, 2.45) is 0 Å². The predicted molar refractivity (Wildman–Crippen MR) is 124 cm³/mol. The second kappa shape index (κ2) is 11.0. The molecule has 6 nitrogen and oxygen atoms in total. The number of nitrogens with zero attached hydrogens (tertiary/aromatic N) is 2. The van der Waals surface area contributed by atoms with E-state index in [9.17, 15) is 14.4 Å². The van der Waals surface area contributed by atoms with Gasteiger partial charge in [0.2, 0.25) is 0 Å². The number of carbonyl (C=O) groups is 1. The highest BCUT2D eigenvalue weighted by molar-refractivity contribution is 5.99. The summed E-state index contributed by atoms with van der Waals surface area (Å²) >= 11 is 0. The number of aromatic nitrogens is 1. The van der Waals surface area contributed by atoms with E-state index in [0.717, 1.165) is 5.56 Å². The van der Waals surface area contributed by atoms with Crippen LogP contribution in [0, 0.1) is 17.1 Å². The molecule has 0 aliphatic rings. The molecule has 0 saturated heterocycles. The molecule has 7 heteroatoms. The molecule has 0 radical (unpaired) electrons. The fourth-order valence-corrected chi connectivity index (χ4v) is 3.19. The molecule has 32 heavy (non-hydrogen) atoms. The Balaban J connectivity index is 1.86. The van der Waals surface area contributed by atoms with Gasteiger partial charge in [-0.1, -0.05) is 30.3 Å². The van der Waals surface area contributed by atoms with Crippen LogP contribution in [0.2, 0.25) is 0 Å². The summed E-state index contributed by atoms with van der Waals surface area (Å²) in [5, 5.41) is 18.6. The maximum atomic E-state index is 13.5. The predicted octanol–water partition coefficient (Wildman–Crippen LogP) is 3.75. The Bertz CT molecular complexity index is 1130. The summed E-state index contributed by atoms with van der Waals surface area (Å²) in [5.74, 6) is -0.108. The maximum Gasteiger partial charge on any atom is 0.255 e.